The van der Waals surface area contributed by atoms with Gasteiger partial charge in [-0.1, -0.05) is 19.3 Å². The Kier molecular flexibility index (Phi) is 4.79. The van der Waals surface area contributed by atoms with Gasteiger partial charge in [-0.3, -0.25) is 0 Å². The quantitative estimate of drug-likeness (QED) is 0.475. The second-order valence-electron chi connectivity index (χ2n) is 4.66. The minimum absolute atomic E-state index is 0. The first-order chi connectivity index (χ1) is 8.38. The first-order valence-corrected chi connectivity index (χ1v) is 5.69. The van der Waals surface area contributed by atoms with E-state index in [2.05, 4.69) is 0 Å². The van der Waals surface area contributed by atoms with Crippen LogP contribution in [0.1, 0.15) is 37.7 Å². The number of halogens is 6. The molecule has 2 rings (SSSR count). The third kappa shape index (κ3) is 2.56. The number of nitrogens with two attached hydrogens (primary N) is 1. The highest BCUT2D eigenvalue weighted by molar-refractivity contribution is 5.85. The minimum Gasteiger partial charge on any atom is -0.321 e. The molecule has 0 radical (unpaired) electrons. The summed E-state index contributed by atoms with van der Waals surface area (Å²) in [6, 6.07) is 0. The average Bonchev–Trinajstić information content (AvgIpc) is 2.35. The average molecular weight is 302 g/mol. The van der Waals surface area contributed by atoms with E-state index in [0.717, 1.165) is 6.42 Å². The second kappa shape index (κ2) is 5.63. The Bertz CT molecular complexity index is 456. The molecular formula is C12H13ClF5N. The van der Waals surface area contributed by atoms with Crippen molar-refractivity contribution in [3.63, 3.8) is 0 Å². The fraction of sp³-hybridized carbons (Fsp3) is 0.500. The summed E-state index contributed by atoms with van der Waals surface area (Å²) in [5.74, 6) is -9.63. The van der Waals surface area contributed by atoms with Crippen LogP contribution in [0.3, 0.4) is 0 Å². The first kappa shape index (κ1) is 16.2. The molecule has 0 amide bonds. The maximum absolute atomic E-state index is 13.6. The van der Waals surface area contributed by atoms with Gasteiger partial charge in [-0.25, -0.2) is 22.0 Å². The van der Waals surface area contributed by atoms with E-state index < -0.39 is 40.2 Å². The zero-order valence-electron chi connectivity index (χ0n) is 9.91. The van der Waals surface area contributed by atoms with Crippen LogP contribution in [-0.4, -0.2) is 0 Å². The van der Waals surface area contributed by atoms with Crippen LogP contribution in [0.2, 0.25) is 0 Å². The van der Waals surface area contributed by atoms with Gasteiger partial charge >= 0.3 is 0 Å². The summed E-state index contributed by atoms with van der Waals surface area (Å²) in [4.78, 5) is 0. The lowest BCUT2D eigenvalue weighted by molar-refractivity contribution is 0.266. The van der Waals surface area contributed by atoms with Gasteiger partial charge in [0.25, 0.3) is 0 Å². The predicted octanol–water partition coefficient (Wildman–Crippen LogP) is 3.92. The molecule has 0 bridgehead atoms. The van der Waals surface area contributed by atoms with E-state index in [1.807, 2.05) is 0 Å². The Morgan fingerprint density at radius 2 is 1.05 bits per heavy atom. The van der Waals surface area contributed by atoms with Crippen LogP contribution in [0.5, 0.6) is 0 Å². The zero-order chi connectivity index (χ0) is 13.5. The van der Waals surface area contributed by atoms with Crippen LogP contribution < -0.4 is 5.73 Å². The Morgan fingerprint density at radius 3 is 1.47 bits per heavy atom. The number of hydrogen-bond donors (Lipinski definition) is 1. The molecule has 0 aliphatic heterocycles. The fourth-order valence-electron chi connectivity index (χ4n) is 2.47. The molecule has 1 nitrogen and oxygen atoms in total. The van der Waals surface area contributed by atoms with Crippen molar-refractivity contribution >= 4 is 12.4 Å². The van der Waals surface area contributed by atoms with Crippen LogP contribution in [-0.2, 0) is 5.54 Å². The lowest BCUT2D eigenvalue weighted by atomic mass is 9.77. The predicted molar refractivity (Wildman–Crippen MR) is 62.4 cm³/mol. The highest BCUT2D eigenvalue weighted by Gasteiger charge is 2.39. The van der Waals surface area contributed by atoms with E-state index in [9.17, 15) is 22.0 Å². The summed E-state index contributed by atoms with van der Waals surface area (Å²) in [6.45, 7) is 0. The minimum atomic E-state index is -2.15. The van der Waals surface area contributed by atoms with E-state index >= 15 is 0 Å². The molecule has 1 aromatic rings. The zero-order valence-corrected chi connectivity index (χ0v) is 10.7. The Hall–Kier alpha value is -0.880. The molecule has 0 heterocycles. The molecule has 1 aliphatic rings. The van der Waals surface area contributed by atoms with Gasteiger partial charge in [0.05, 0.1) is 0 Å². The third-order valence-electron chi connectivity index (χ3n) is 3.45. The second-order valence-corrected chi connectivity index (χ2v) is 4.66. The molecule has 0 atom stereocenters. The summed E-state index contributed by atoms with van der Waals surface area (Å²) in [5.41, 5.74) is 3.49. The van der Waals surface area contributed by atoms with Gasteiger partial charge in [0, 0.05) is 11.1 Å². The molecule has 19 heavy (non-hydrogen) atoms. The van der Waals surface area contributed by atoms with Crippen molar-refractivity contribution in [2.45, 2.75) is 37.6 Å². The van der Waals surface area contributed by atoms with Crippen molar-refractivity contribution in [1.82, 2.24) is 0 Å². The van der Waals surface area contributed by atoms with E-state index in [-0.39, 0.29) is 25.2 Å². The standard InChI is InChI=1S/C12H12F5N.ClH/c13-7-6(12(18)4-2-1-3-5-12)8(14)10(16)11(17)9(7)15;/h1-5,18H2;1H. The SMILES string of the molecule is Cl.NC1(c2c(F)c(F)c(F)c(F)c2F)CCCCC1. The van der Waals surface area contributed by atoms with Crippen molar-refractivity contribution in [2.24, 2.45) is 5.73 Å². The van der Waals surface area contributed by atoms with E-state index in [4.69, 9.17) is 5.73 Å². The molecule has 0 spiro atoms. The molecule has 1 saturated carbocycles. The third-order valence-corrected chi connectivity index (χ3v) is 3.45. The Morgan fingerprint density at radius 1 is 0.684 bits per heavy atom. The summed E-state index contributed by atoms with van der Waals surface area (Å²) in [5, 5.41) is 0. The van der Waals surface area contributed by atoms with Crippen LogP contribution in [0.15, 0.2) is 0 Å². The molecule has 1 fully saturated rings. The highest BCUT2D eigenvalue weighted by atomic mass is 35.5. The smallest absolute Gasteiger partial charge is 0.200 e. The lowest BCUT2D eigenvalue weighted by Crippen LogP contribution is -2.41. The van der Waals surface area contributed by atoms with Crippen molar-refractivity contribution in [3.05, 3.63) is 34.6 Å². The highest BCUT2D eigenvalue weighted by Crippen LogP contribution is 2.39. The lowest BCUT2D eigenvalue weighted by Gasteiger charge is -2.34. The monoisotopic (exact) mass is 301 g/mol. The molecular weight excluding hydrogens is 289 g/mol. The van der Waals surface area contributed by atoms with Gasteiger partial charge in [-0.15, -0.1) is 12.4 Å². The maximum Gasteiger partial charge on any atom is 0.200 e. The summed E-state index contributed by atoms with van der Waals surface area (Å²) >= 11 is 0. The van der Waals surface area contributed by atoms with Crippen molar-refractivity contribution in [3.8, 4) is 0 Å². The molecule has 1 aliphatic carbocycles. The van der Waals surface area contributed by atoms with Crippen LogP contribution >= 0.6 is 12.4 Å². The molecule has 7 heteroatoms. The molecule has 0 aromatic heterocycles. The van der Waals surface area contributed by atoms with E-state index in [0.29, 0.717) is 12.8 Å². The molecule has 0 unspecified atom stereocenters. The van der Waals surface area contributed by atoms with Crippen LogP contribution in [0.4, 0.5) is 22.0 Å². The summed E-state index contributed by atoms with van der Waals surface area (Å²) in [6.07, 6.45) is 2.48. The maximum atomic E-state index is 13.6. The number of hydrogen-bond acceptors (Lipinski definition) is 1. The number of benzene rings is 1. The van der Waals surface area contributed by atoms with Gasteiger partial charge in [0.1, 0.15) is 0 Å². The van der Waals surface area contributed by atoms with E-state index in [1.165, 1.54) is 0 Å². The van der Waals surface area contributed by atoms with Gasteiger partial charge in [0.2, 0.25) is 5.82 Å². The molecule has 1 aromatic carbocycles. The molecule has 2 N–H and O–H groups in total. The van der Waals surface area contributed by atoms with E-state index in [1.54, 1.807) is 0 Å². The first-order valence-electron chi connectivity index (χ1n) is 5.69. The van der Waals surface area contributed by atoms with Gasteiger partial charge in [-0.2, -0.15) is 0 Å². The van der Waals surface area contributed by atoms with Gasteiger partial charge in [-0.05, 0) is 12.8 Å². The van der Waals surface area contributed by atoms with Crippen molar-refractivity contribution in [1.29, 1.82) is 0 Å². The number of rotatable bonds is 1. The van der Waals surface area contributed by atoms with Crippen molar-refractivity contribution < 1.29 is 22.0 Å². The Balaban J connectivity index is 0.00000180. The van der Waals surface area contributed by atoms with Gasteiger partial charge < -0.3 is 5.73 Å². The molecule has 0 saturated heterocycles. The fourth-order valence-corrected chi connectivity index (χ4v) is 2.47. The summed E-state index contributed by atoms with van der Waals surface area (Å²) in [7, 11) is 0. The van der Waals surface area contributed by atoms with Crippen LogP contribution in [0.25, 0.3) is 0 Å². The normalized spacial score (nSPS) is 18.0. The van der Waals surface area contributed by atoms with Crippen LogP contribution in [0, 0.1) is 29.1 Å². The molecule has 108 valence electrons. The van der Waals surface area contributed by atoms with Crippen molar-refractivity contribution in [2.75, 3.05) is 0 Å². The van der Waals surface area contributed by atoms with Gasteiger partial charge in [0.15, 0.2) is 23.3 Å². The Labute approximate surface area is 113 Å². The topological polar surface area (TPSA) is 26.0 Å². The largest absolute Gasteiger partial charge is 0.321 e. The summed E-state index contributed by atoms with van der Waals surface area (Å²) < 4.78 is 66.4.